The number of pyridine rings is 1. The number of nitrogens with zero attached hydrogens (tertiary/aromatic N) is 3. The van der Waals surface area contributed by atoms with Crippen molar-refractivity contribution in [1.82, 2.24) is 15.2 Å². The van der Waals surface area contributed by atoms with Crippen LogP contribution < -0.4 is 4.74 Å². The molecule has 28 heavy (non-hydrogen) atoms. The molecule has 0 bridgehead atoms. The molecule has 0 saturated carbocycles. The van der Waals surface area contributed by atoms with Gasteiger partial charge in [0.1, 0.15) is 5.75 Å². The summed E-state index contributed by atoms with van der Waals surface area (Å²) in [4.78, 5) is 4.49. The number of ether oxygens (including phenoxy) is 1. The van der Waals surface area contributed by atoms with E-state index in [0.29, 0.717) is 12.5 Å². The van der Waals surface area contributed by atoms with E-state index in [0.717, 1.165) is 28.9 Å². The summed E-state index contributed by atoms with van der Waals surface area (Å²) in [6.07, 6.45) is 9.20. The molecule has 3 rings (SSSR count). The molecule has 0 unspecified atom stereocenters. The topological polar surface area (TPSA) is 68.1 Å². The fourth-order valence-electron chi connectivity index (χ4n) is 2.96. The molecule has 2 aromatic heterocycles. The number of rotatable bonds is 10. The van der Waals surface area contributed by atoms with E-state index in [1.807, 2.05) is 36.4 Å². The highest BCUT2D eigenvalue weighted by atomic mass is 16.5. The third kappa shape index (κ3) is 5.78. The van der Waals surface area contributed by atoms with E-state index in [-0.39, 0.29) is 5.75 Å². The smallest absolute Gasteiger partial charge is 0.233 e. The van der Waals surface area contributed by atoms with Crippen LogP contribution in [0.1, 0.15) is 45.4 Å². The molecular weight excluding hydrogens is 350 g/mol. The number of hydrogen-bond acceptors (Lipinski definition) is 5. The van der Waals surface area contributed by atoms with Crippen LogP contribution in [0.5, 0.6) is 11.6 Å². The average Bonchev–Trinajstić information content (AvgIpc) is 2.74. The normalized spacial score (nSPS) is 10.8. The molecule has 0 spiro atoms. The molecule has 5 heteroatoms. The Morgan fingerprint density at radius 2 is 1.46 bits per heavy atom. The molecular formula is C23H27N3O2. The summed E-state index contributed by atoms with van der Waals surface area (Å²) in [5.74, 6) is 0.806. The molecule has 0 fully saturated rings. The zero-order chi connectivity index (χ0) is 19.6. The van der Waals surface area contributed by atoms with Crippen molar-refractivity contribution in [3.05, 3.63) is 54.7 Å². The zero-order valence-corrected chi connectivity index (χ0v) is 16.3. The lowest BCUT2D eigenvalue weighted by Crippen LogP contribution is -2.00. The van der Waals surface area contributed by atoms with Crippen molar-refractivity contribution in [3.8, 4) is 34.1 Å². The maximum atomic E-state index is 9.38. The van der Waals surface area contributed by atoms with Gasteiger partial charge >= 0.3 is 0 Å². The number of aromatic nitrogens is 3. The predicted octanol–water partition coefficient (Wildman–Crippen LogP) is 5.65. The molecule has 0 aliphatic heterocycles. The van der Waals surface area contributed by atoms with Crippen LogP contribution in [0.15, 0.2) is 54.7 Å². The Morgan fingerprint density at radius 1 is 0.750 bits per heavy atom. The van der Waals surface area contributed by atoms with E-state index in [1.165, 1.54) is 32.1 Å². The summed E-state index contributed by atoms with van der Waals surface area (Å²) in [6.45, 7) is 2.91. The highest BCUT2D eigenvalue weighted by molar-refractivity contribution is 5.64. The molecule has 1 N–H and O–H groups in total. The molecule has 0 aliphatic carbocycles. The van der Waals surface area contributed by atoms with Gasteiger partial charge in [-0.25, -0.2) is 0 Å². The van der Waals surface area contributed by atoms with E-state index in [4.69, 9.17) is 4.74 Å². The second-order valence-corrected chi connectivity index (χ2v) is 6.85. The Kier molecular flexibility index (Phi) is 7.36. The Bertz CT molecular complexity index is 831. The van der Waals surface area contributed by atoms with Crippen LogP contribution in [0.2, 0.25) is 0 Å². The Hall–Kier alpha value is -2.95. The molecule has 2 heterocycles. The van der Waals surface area contributed by atoms with Gasteiger partial charge in [-0.1, -0.05) is 39.0 Å². The quantitative estimate of drug-likeness (QED) is 0.462. The lowest BCUT2D eigenvalue weighted by atomic mass is 10.1. The molecule has 0 saturated heterocycles. The van der Waals surface area contributed by atoms with Gasteiger partial charge in [-0.3, -0.25) is 4.98 Å². The molecule has 3 aromatic rings. The van der Waals surface area contributed by atoms with Crippen LogP contribution in [0.3, 0.4) is 0 Å². The molecule has 0 atom stereocenters. The summed E-state index contributed by atoms with van der Waals surface area (Å²) in [6, 6.07) is 14.7. The second-order valence-electron chi connectivity index (χ2n) is 6.85. The summed E-state index contributed by atoms with van der Waals surface area (Å²) < 4.78 is 5.68. The van der Waals surface area contributed by atoms with E-state index in [1.54, 1.807) is 18.3 Å². The van der Waals surface area contributed by atoms with Gasteiger partial charge in [0, 0.05) is 23.4 Å². The first-order valence-corrected chi connectivity index (χ1v) is 9.98. The highest BCUT2D eigenvalue weighted by Gasteiger charge is 2.05. The number of phenolic OH excluding ortho intramolecular Hbond substituents is 1. The Morgan fingerprint density at radius 3 is 2.14 bits per heavy atom. The van der Waals surface area contributed by atoms with Gasteiger partial charge in [-0.15, -0.1) is 10.2 Å². The Labute approximate surface area is 166 Å². The fourth-order valence-corrected chi connectivity index (χ4v) is 2.96. The highest BCUT2D eigenvalue weighted by Crippen LogP contribution is 2.23. The predicted molar refractivity (Wildman–Crippen MR) is 111 cm³/mol. The fraction of sp³-hybridized carbons (Fsp3) is 0.348. The Balaban J connectivity index is 1.51. The van der Waals surface area contributed by atoms with Gasteiger partial charge in [0.15, 0.2) is 0 Å². The minimum atomic E-state index is 0.245. The third-order valence-electron chi connectivity index (χ3n) is 4.61. The van der Waals surface area contributed by atoms with Gasteiger partial charge in [0.25, 0.3) is 0 Å². The largest absolute Gasteiger partial charge is 0.508 e. The van der Waals surface area contributed by atoms with Crippen LogP contribution in [-0.4, -0.2) is 26.9 Å². The van der Waals surface area contributed by atoms with Gasteiger partial charge < -0.3 is 9.84 Å². The third-order valence-corrected chi connectivity index (χ3v) is 4.61. The van der Waals surface area contributed by atoms with Crippen LogP contribution in [-0.2, 0) is 0 Å². The number of phenols is 1. The molecule has 1 aromatic carbocycles. The lowest BCUT2D eigenvalue weighted by Gasteiger charge is -2.06. The summed E-state index contributed by atoms with van der Waals surface area (Å²) in [5, 5.41) is 17.8. The maximum Gasteiger partial charge on any atom is 0.233 e. The van der Waals surface area contributed by atoms with E-state index in [2.05, 4.69) is 22.1 Å². The van der Waals surface area contributed by atoms with Crippen molar-refractivity contribution in [3.63, 3.8) is 0 Å². The van der Waals surface area contributed by atoms with Crippen molar-refractivity contribution in [1.29, 1.82) is 0 Å². The van der Waals surface area contributed by atoms with Crippen LogP contribution in [0.25, 0.3) is 22.5 Å². The van der Waals surface area contributed by atoms with E-state index >= 15 is 0 Å². The van der Waals surface area contributed by atoms with Gasteiger partial charge in [0.2, 0.25) is 5.88 Å². The first kappa shape index (κ1) is 19.8. The molecule has 0 amide bonds. The van der Waals surface area contributed by atoms with E-state index < -0.39 is 0 Å². The number of aromatic hydroxyl groups is 1. The van der Waals surface area contributed by atoms with Crippen molar-refractivity contribution in [2.75, 3.05) is 6.61 Å². The zero-order valence-electron chi connectivity index (χ0n) is 16.3. The second kappa shape index (κ2) is 10.4. The summed E-state index contributed by atoms with van der Waals surface area (Å²) in [7, 11) is 0. The SMILES string of the molecule is CCCCCCCCOc1ccc(-c2ccc(-c3ccc(O)cc3)nc2)nn1. The number of benzene rings is 1. The first-order valence-electron chi connectivity index (χ1n) is 9.98. The summed E-state index contributed by atoms with van der Waals surface area (Å²) >= 11 is 0. The van der Waals surface area contributed by atoms with Crippen LogP contribution in [0.4, 0.5) is 0 Å². The molecule has 0 radical (unpaired) electrons. The van der Waals surface area contributed by atoms with Crippen LogP contribution >= 0.6 is 0 Å². The van der Waals surface area contributed by atoms with E-state index in [9.17, 15) is 5.11 Å². The molecule has 0 aliphatic rings. The lowest BCUT2D eigenvalue weighted by molar-refractivity contribution is 0.290. The molecule has 146 valence electrons. The summed E-state index contributed by atoms with van der Waals surface area (Å²) in [5.41, 5.74) is 3.46. The van der Waals surface area contributed by atoms with Gasteiger partial charge in [0.05, 0.1) is 18.0 Å². The minimum Gasteiger partial charge on any atom is -0.508 e. The van der Waals surface area contributed by atoms with Crippen molar-refractivity contribution in [2.45, 2.75) is 45.4 Å². The standard InChI is InChI=1S/C23H27N3O2/c1-2-3-4-5-6-7-16-28-23-15-14-22(25-26-23)19-10-13-21(24-17-19)18-8-11-20(27)12-9-18/h8-15,17,27H,2-7,16H2,1H3. The van der Waals surface area contributed by atoms with Crippen LogP contribution in [0, 0.1) is 0 Å². The van der Waals surface area contributed by atoms with Crippen molar-refractivity contribution in [2.24, 2.45) is 0 Å². The van der Waals surface area contributed by atoms with Gasteiger partial charge in [-0.05, 0) is 48.9 Å². The van der Waals surface area contributed by atoms with Crippen molar-refractivity contribution < 1.29 is 9.84 Å². The number of hydrogen-bond donors (Lipinski definition) is 1. The van der Waals surface area contributed by atoms with Crippen molar-refractivity contribution >= 4 is 0 Å². The number of unbranched alkanes of at least 4 members (excludes halogenated alkanes) is 5. The molecule has 5 nitrogen and oxygen atoms in total. The maximum absolute atomic E-state index is 9.38. The van der Waals surface area contributed by atoms with Gasteiger partial charge in [-0.2, -0.15) is 0 Å². The monoisotopic (exact) mass is 377 g/mol. The average molecular weight is 377 g/mol. The minimum absolute atomic E-state index is 0.245. The first-order chi connectivity index (χ1) is 13.8.